The number of unbranched alkanes of at least 4 members (excludes halogenated alkanes) is 9. The molecule has 0 amide bonds. The molecular formula is C20H36. The third kappa shape index (κ3) is 7.92. The average molecular weight is 277 g/mol. The minimum atomic E-state index is 0.444. The highest BCUT2D eigenvalue weighted by Crippen LogP contribution is 2.34. The van der Waals surface area contributed by atoms with Gasteiger partial charge in [-0.15, -0.1) is 0 Å². The fourth-order valence-electron chi connectivity index (χ4n) is 3.06. The monoisotopic (exact) mass is 276 g/mol. The number of rotatable bonds is 11. The van der Waals surface area contributed by atoms with Crippen molar-refractivity contribution in [2.45, 2.75) is 97.8 Å². The highest BCUT2D eigenvalue weighted by atomic mass is 14.3. The van der Waals surface area contributed by atoms with E-state index < -0.39 is 0 Å². The van der Waals surface area contributed by atoms with Crippen LogP contribution in [0.25, 0.3) is 0 Å². The Morgan fingerprint density at radius 2 is 1.45 bits per heavy atom. The van der Waals surface area contributed by atoms with E-state index in [2.05, 4.69) is 39.0 Å². The number of hydrogen-bond acceptors (Lipinski definition) is 0. The molecule has 0 bridgehead atoms. The predicted molar refractivity (Wildman–Crippen MR) is 92.1 cm³/mol. The van der Waals surface area contributed by atoms with Crippen LogP contribution in [-0.4, -0.2) is 0 Å². The molecule has 0 N–H and O–H groups in total. The van der Waals surface area contributed by atoms with Gasteiger partial charge in [0.1, 0.15) is 0 Å². The summed E-state index contributed by atoms with van der Waals surface area (Å²) in [5.41, 5.74) is 1.88. The molecule has 1 rings (SSSR count). The summed E-state index contributed by atoms with van der Waals surface area (Å²) in [6, 6.07) is 0. The zero-order valence-corrected chi connectivity index (χ0v) is 14.2. The van der Waals surface area contributed by atoms with E-state index in [1.807, 2.05) is 0 Å². The van der Waals surface area contributed by atoms with Crippen LogP contribution in [0.1, 0.15) is 97.8 Å². The summed E-state index contributed by atoms with van der Waals surface area (Å²) in [4.78, 5) is 0. The Labute approximate surface area is 127 Å². The Morgan fingerprint density at radius 3 is 1.95 bits per heavy atom. The Kier molecular flexibility index (Phi) is 8.98. The second-order valence-corrected chi connectivity index (χ2v) is 7.07. The van der Waals surface area contributed by atoms with Gasteiger partial charge in [0.2, 0.25) is 0 Å². The highest BCUT2D eigenvalue weighted by Gasteiger charge is 2.20. The van der Waals surface area contributed by atoms with Crippen molar-refractivity contribution < 1.29 is 0 Å². The van der Waals surface area contributed by atoms with Crippen LogP contribution >= 0.6 is 0 Å². The van der Waals surface area contributed by atoms with Crippen LogP contribution in [0.4, 0.5) is 0 Å². The van der Waals surface area contributed by atoms with Gasteiger partial charge in [-0.2, -0.15) is 0 Å². The molecule has 0 saturated carbocycles. The molecule has 20 heavy (non-hydrogen) atoms. The molecule has 1 aliphatic rings. The topological polar surface area (TPSA) is 0 Å². The predicted octanol–water partition coefficient (Wildman–Crippen LogP) is 7.21. The molecule has 116 valence electrons. The molecule has 0 nitrogen and oxygen atoms in total. The normalized spacial score (nSPS) is 22.1. The molecule has 0 saturated heterocycles. The molecule has 0 heteroatoms. The number of hydrogen-bond donors (Lipinski definition) is 0. The summed E-state index contributed by atoms with van der Waals surface area (Å²) >= 11 is 0. The van der Waals surface area contributed by atoms with Gasteiger partial charge in [-0.05, 0) is 25.2 Å². The van der Waals surface area contributed by atoms with E-state index in [-0.39, 0.29) is 0 Å². The Hall–Kier alpha value is -0.520. The van der Waals surface area contributed by atoms with E-state index in [9.17, 15) is 0 Å². The van der Waals surface area contributed by atoms with Gasteiger partial charge in [0.25, 0.3) is 0 Å². The maximum absolute atomic E-state index is 2.44. The van der Waals surface area contributed by atoms with Crippen LogP contribution in [-0.2, 0) is 0 Å². The Bertz CT molecular complexity index is 297. The van der Waals surface area contributed by atoms with Gasteiger partial charge in [-0.1, -0.05) is 102 Å². The van der Waals surface area contributed by atoms with Crippen LogP contribution < -0.4 is 0 Å². The van der Waals surface area contributed by atoms with Gasteiger partial charge in [0.15, 0.2) is 0 Å². The first-order valence-corrected chi connectivity index (χ1v) is 9.02. The van der Waals surface area contributed by atoms with Crippen LogP contribution in [0, 0.1) is 5.41 Å². The summed E-state index contributed by atoms with van der Waals surface area (Å²) in [7, 11) is 0. The van der Waals surface area contributed by atoms with Crippen molar-refractivity contribution in [1.82, 2.24) is 0 Å². The zero-order chi connectivity index (χ0) is 14.7. The Balaban J connectivity index is 1.91. The van der Waals surface area contributed by atoms with E-state index in [0.717, 1.165) is 0 Å². The maximum Gasteiger partial charge on any atom is -0.0109 e. The zero-order valence-electron chi connectivity index (χ0n) is 14.2. The smallest absolute Gasteiger partial charge is 0.0109 e. The van der Waals surface area contributed by atoms with Gasteiger partial charge in [0.05, 0.1) is 0 Å². The first-order chi connectivity index (χ1) is 9.66. The van der Waals surface area contributed by atoms with Crippen molar-refractivity contribution in [1.29, 1.82) is 0 Å². The van der Waals surface area contributed by atoms with Gasteiger partial charge < -0.3 is 0 Å². The molecule has 0 spiro atoms. The van der Waals surface area contributed by atoms with Crippen LogP contribution in [0.3, 0.4) is 0 Å². The van der Waals surface area contributed by atoms with Gasteiger partial charge in [0, 0.05) is 0 Å². The molecule has 0 aromatic carbocycles. The van der Waals surface area contributed by atoms with Gasteiger partial charge in [-0.3, -0.25) is 0 Å². The molecule has 0 heterocycles. The van der Waals surface area contributed by atoms with Crippen LogP contribution in [0.5, 0.6) is 0 Å². The molecule has 1 atom stereocenters. The van der Waals surface area contributed by atoms with Crippen molar-refractivity contribution >= 4 is 0 Å². The number of allylic oxidation sites excluding steroid dienone is 4. The molecule has 1 aliphatic carbocycles. The standard InChI is InChI=1S/C20H36/c1-4-5-6-7-8-9-10-11-12-13-16-20(3)17-14-19(2)15-18-20/h14-15,17H,4-13,16,18H2,1-3H3. The molecule has 0 fully saturated rings. The lowest BCUT2D eigenvalue weighted by molar-refractivity contribution is 0.369. The van der Waals surface area contributed by atoms with Crippen LogP contribution in [0.2, 0.25) is 0 Å². The van der Waals surface area contributed by atoms with E-state index in [1.54, 1.807) is 0 Å². The SMILES string of the molecule is CCCCCCCCCCCCC1(C)C=CC(C)=CC1. The quantitative estimate of drug-likeness (QED) is 0.350. The lowest BCUT2D eigenvalue weighted by atomic mass is 9.78. The highest BCUT2D eigenvalue weighted by molar-refractivity contribution is 5.24. The second kappa shape index (κ2) is 10.2. The molecule has 0 radical (unpaired) electrons. The van der Waals surface area contributed by atoms with Gasteiger partial charge in [-0.25, -0.2) is 0 Å². The minimum Gasteiger partial charge on any atom is -0.0808 e. The summed E-state index contributed by atoms with van der Waals surface area (Å²) < 4.78 is 0. The van der Waals surface area contributed by atoms with Crippen LogP contribution in [0.15, 0.2) is 23.8 Å². The fourth-order valence-corrected chi connectivity index (χ4v) is 3.06. The lowest BCUT2D eigenvalue weighted by Crippen LogP contribution is -2.14. The first-order valence-electron chi connectivity index (χ1n) is 9.02. The first kappa shape index (κ1) is 17.5. The molecule has 0 aromatic heterocycles. The molecular weight excluding hydrogens is 240 g/mol. The molecule has 0 aliphatic heterocycles. The second-order valence-electron chi connectivity index (χ2n) is 7.07. The third-order valence-corrected chi connectivity index (χ3v) is 4.74. The lowest BCUT2D eigenvalue weighted by Gasteiger charge is -2.27. The minimum absolute atomic E-state index is 0.444. The van der Waals surface area contributed by atoms with E-state index >= 15 is 0 Å². The van der Waals surface area contributed by atoms with Crippen molar-refractivity contribution in [2.75, 3.05) is 0 Å². The Morgan fingerprint density at radius 1 is 0.900 bits per heavy atom. The van der Waals surface area contributed by atoms with Crippen molar-refractivity contribution in [3.63, 3.8) is 0 Å². The summed E-state index contributed by atoms with van der Waals surface area (Å²) in [5, 5.41) is 0. The maximum atomic E-state index is 2.44. The average Bonchev–Trinajstić information content (AvgIpc) is 2.45. The molecule has 0 aromatic rings. The third-order valence-electron chi connectivity index (χ3n) is 4.74. The van der Waals surface area contributed by atoms with Crippen molar-refractivity contribution in [2.24, 2.45) is 5.41 Å². The fraction of sp³-hybridized carbons (Fsp3) is 0.800. The molecule has 1 unspecified atom stereocenters. The van der Waals surface area contributed by atoms with E-state index in [0.29, 0.717) is 5.41 Å². The summed E-state index contributed by atoms with van der Waals surface area (Å²) in [5.74, 6) is 0. The van der Waals surface area contributed by atoms with Crippen molar-refractivity contribution in [3.05, 3.63) is 23.8 Å². The van der Waals surface area contributed by atoms with E-state index in [1.165, 1.54) is 82.6 Å². The van der Waals surface area contributed by atoms with E-state index in [4.69, 9.17) is 0 Å². The van der Waals surface area contributed by atoms with Gasteiger partial charge >= 0.3 is 0 Å². The van der Waals surface area contributed by atoms with Crippen molar-refractivity contribution in [3.8, 4) is 0 Å². The summed E-state index contributed by atoms with van der Waals surface area (Å²) in [6.07, 6.45) is 24.1. The largest absolute Gasteiger partial charge is 0.0808 e. The summed E-state index contributed by atoms with van der Waals surface area (Å²) in [6.45, 7) is 6.91.